The minimum Gasteiger partial charge on any atom is -0.461 e. The van der Waals surface area contributed by atoms with Crippen LogP contribution in [0.4, 0.5) is 4.39 Å². The monoisotopic (exact) mass is 195 g/mol. The number of esters is 1. The first kappa shape index (κ1) is 10.4. The molecular weight excluding hydrogens is 185 g/mol. The third-order valence-electron chi connectivity index (χ3n) is 1.43. The van der Waals surface area contributed by atoms with Gasteiger partial charge < -0.3 is 4.74 Å². The van der Waals surface area contributed by atoms with E-state index in [1.807, 2.05) is 0 Å². The largest absolute Gasteiger partial charge is 0.461 e. The first-order chi connectivity index (χ1) is 6.74. The molecule has 0 fully saturated rings. The predicted molar refractivity (Wildman–Crippen MR) is 50.0 cm³/mol. The molecule has 0 unspecified atom stereocenters. The zero-order chi connectivity index (χ0) is 10.4. The molecule has 1 aromatic heterocycles. The summed E-state index contributed by atoms with van der Waals surface area (Å²) in [5, 5.41) is 0. The zero-order valence-corrected chi connectivity index (χ0v) is 7.74. The third-order valence-corrected chi connectivity index (χ3v) is 1.43. The van der Waals surface area contributed by atoms with Crippen molar-refractivity contribution in [1.29, 1.82) is 0 Å². The summed E-state index contributed by atoms with van der Waals surface area (Å²) in [6.07, 6.45) is 2.56. The molecule has 14 heavy (non-hydrogen) atoms. The highest BCUT2D eigenvalue weighted by atomic mass is 19.1. The Morgan fingerprint density at radius 2 is 2.43 bits per heavy atom. The van der Waals surface area contributed by atoms with E-state index in [0.717, 1.165) is 6.08 Å². The molecule has 0 aliphatic carbocycles. The number of nitrogens with zero attached hydrogens (tertiary/aromatic N) is 1. The number of carbonyl (C=O) groups is 1. The zero-order valence-electron chi connectivity index (χ0n) is 7.74. The molecule has 0 aliphatic heterocycles. The van der Waals surface area contributed by atoms with Crippen molar-refractivity contribution in [3.63, 3.8) is 0 Å². The topological polar surface area (TPSA) is 39.2 Å². The second-order valence-electron chi connectivity index (χ2n) is 2.47. The molecule has 0 saturated heterocycles. The van der Waals surface area contributed by atoms with Gasteiger partial charge in [0.2, 0.25) is 5.83 Å². The fraction of sp³-hybridized carbons (Fsp3) is 0.200. The van der Waals surface area contributed by atoms with Gasteiger partial charge in [0.05, 0.1) is 12.3 Å². The summed E-state index contributed by atoms with van der Waals surface area (Å²) in [6, 6.07) is 5.01. The van der Waals surface area contributed by atoms with Gasteiger partial charge in [0.25, 0.3) is 0 Å². The second-order valence-corrected chi connectivity index (χ2v) is 2.47. The predicted octanol–water partition coefficient (Wildman–Crippen LogP) is 1.96. The lowest BCUT2D eigenvalue weighted by atomic mass is 10.3. The van der Waals surface area contributed by atoms with Crippen molar-refractivity contribution in [3.05, 3.63) is 35.9 Å². The van der Waals surface area contributed by atoms with E-state index in [4.69, 9.17) is 0 Å². The first-order valence-corrected chi connectivity index (χ1v) is 4.19. The lowest BCUT2D eigenvalue weighted by Gasteiger charge is -1.97. The molecule has 0 saturated carbocycles. The van der Waals surface area contributed by atoms with E-state index in [1.165, 1.54) is 6.20 Å². The Morgan fingerprint density at radius 1 is 1.64 bits per heavy atom. The maximum absolute atomic E-state index is 13.0. The van der Waals surface area contributed by atoms with Crippen LogP contribution in [0.3, 0.4) is 0 Å². The number of hydrogen-bond donors (Lipinski definition) is 0. The van der Waals surface area contributed by atoms with Gasteiger partial charge in [-0.25, -0.2) is 4.79 Å². The molecular formula is C10H10FNO2. The highest BCUT2D eigenvalue weighted by Crippen LogP contribution is 2.06. The number of pyridine rings is 1. The molecule has 0 spiro atoms. The quantitative estimate of drug-likeness (QED) is 0.546. The van der Waals surface area contributed by atoms with Crippen LogP contribution in [-0.2, 0) is 9.53 Å². The van der Waals surface area contributed by atoms with Crippen LogP contribution in [0.15, 0.2) is 30.2 Å². The van der Waals surface area contributed by atoms with Gasteiger partial charge >= 0.3 is 5.97 Å². The first-order valence-electron chi connectivity index (χ1n) is 4.19. The smallest absolute Gasteiger partial charge is 0.367 e. The maximum Gasteiger partial charge on any atom is 0.367 e. The Kier molecular flexibility index (Phi) is 3.79. The summed E-state index contributed by atoms with van der Waals surface area (Å²) in [5.41, 5.74) is 0.387. The van der Waals surface area contributed by atoms with Crippen molar-refractivity contribution in [2.24, 2.45) is 0 Å². The average Bonchev–Trinajstić information content (AvgIpc) is 2.19. The van der Waals surface area contributed by atoms with Gasteiger partial charge in [-0.15, -0.1) is 0 Å². The number of carbonyl (C=O) groups excluding carboxylic acids is 1. The molecule has 0 atom stereocenters. The van der Waals surface area contributed by atoms with E-state index in [1.54, 1.807) is 25.1 Å². The highest BCUT2D eigenvalue weighted by Gasteiger charge is 2.08. The van der Waals surface area contributed by atoms with Gasteiger partial charge in [-0.2, -0.15) is 4.39 Å². The number of halogens is 1. The van der Waals surface area contributed by atoms with Crippen molar-refractivity contribution in [2.75, 3.05) is 6.61 Å². The molecule has 1 rings (SSSR count). The molecule has 0 N–H and O–H groups in total. The number of ether oxygens (including phenoxy) is 1. The van der Waals surface area contributed by atoms with E-state index in [9.17, 15) is 9.18 Å². The van der Waals surface area contributed by atoms with Crippen molar-refractivity contribution < 1.29 is 13.9 Å². The summed E-state index contributed by atoms with van der Waals surface area (Å²) < 4.78 is 17.5. The third kappa shape index (κ3) is 2.97. The molecule has 1 aromatic rings. The van der Waals surface area contributed by atoms with Crippen LogP contribution in [0.25, 0.3) is 6.08 Å². The van der Waals surface area contributed by atoms with E-state index < -0.39 is 11.8 Å². The molecule has 0 aliphatic rings. The van der Waals surface area contributed by atoms with Crippen LogP contribution in [0.2, 0.25) is 0 Å². The molecule has 0 bridgehead atoms. The highest BCUT2D eigenvalue weighted by molar-refractivity contribution is 5.90. The van der Waals surface area contributed by atoms with E-state index in [0.29, 0.717) is 5.69 Å². The summed E-state index contributed by atoms with van der Waals surface area (Å²) >= 11 is 0. The summed E-state index contributed by atoms with van der Waals surface area (Å²) in [5.74, 6) is -1.90. The minimum atomic E-state index is -0.960. The van der Waals surface area contributed by atoms with Crippen LogP contribution in [0.5, 0.6) is 0 Å². The van der Waals surface area contributed by atoms with Crippen molar-refractivity contribution in [1.82, 2.24) is 4.98 Å². The molecule has 0 aromatic carbocycles. The summed E-state index contributed by atoms with van der Waals surface area (Å²) in [7, 11) is 0. The fourth-order valence-electron chi connectivity index (χ4n) is 0.850. The van der Waals surface area contributed by atoms with Crippen molar-refractivity contribution >= 4 is 12.0 Å². The van der Waals surface area contributed by atoms with Crippen molar-refractivity contribution in [3.8, 4) is 0 Å². The van der Waals surface area contributed by atoms with Crippen LogP contribution < -0.4 is 0 Å². The summed E-state index contributed by atoms with van der Waals surface area (Å²) in [6.45, 7) is 1.77. The Bertz CT molecular complexity index is 335. The van der Waals surface area contributed by atoms with E-state index in [-0.39, 0.29) is 6.61 Å². The SMILES string of the molecule is CCOC(=O)/C(F)=C\c1ccccn1. The maximum atomic E-state index is 13.0. The Morgan fingerprint density at radius 3 is 3.00 bits per heavy atom. The molecule has 3 nitrogen and oxygen atoms in total. The average molecular weight is 195 g/mol. The Hall–Kier alpha value is -1.71. The number of hydrogen-bond acceptors (Lipinski definition) is 3. The second kappa shape index (κ2) is 5.11. The molecule has 1 heterocycles. The molecule has 0 radical (unpaired) electrons. The van der Waals surface area contributed by atoms with Gasteiger partial charge in [-0.3, -0.25) is 4.98 Å². The normalized spacial score (nSPS) is 11.1. The Balaban J connectivity index is 2.74. The van der Waals surface area contributed by atoms with Crippen LogP contribution >= 0.6 is 0 Å². The Labute approximate surface area is 81.2 Å². The molecule has 0 amide bonds. The lowest BCUT2D eigenvalue weighted by Crippen LogP contribution is -2.04. The molecule has 74 valence electrons. The van der Waals surface area contributed by atoms with Gasteiger partial charge in [-0.1, -0.05) is 6.07 Å². The van der Waals surface area contributed by atoms with Crippen LogP contribution in [-0.4, -0.2) is 17.6 Å². The number of rotatable bonds is 3. The fourth-order valence-corrected chi connectivity index (χ4v) is 0.850. The van der Waals surface area contributed by atoms with Gasteiger partial charge in [0.1, 0.15) is 0 Å². The van der Waals surface area contributed by atoms with E-state index >= 15 is 0 Å². The van der Waals surface area contributed by atoms with Gasteiger partial charge in [0.15, 0.2) is 0 Å². The van der Waals surface area contributed by atoms with E-state index in [2.05, 4.69) is 9.72 Å². The van der Waals surface area contributed by atoms with Crippen molar-refractivity contribution in [2.45, 2.75) is 6.92 Å². The van der Waals surface area contributed by atoms with Crippen LogP contribution in [0.1, 0.15) is 12.6 Å². The van der Waals surface area contributed by atoms with Gasteiger partial charge in [-0.05, 0) is 19.1 Å². The minimum absolute atomic E-state index is 0.155. The van der Waals surface area contributed by atoms with Gasteiger partial charge in [0, 0.05) is 12.3 Å². The summed E-state index contributed by atoms with van der Waals surface area (Å²) in [4.78, 5) is 14.7. The number of aromatic nitrogens is 1. The van der Waals surface area contributed by atoms with Crippen LogP contribution in [0, 0.1) is 0 Å². The molecule has 4 heteroatoms. The lowest BCUT2D eigenvalue weighted by molar-refractivity contribution is -0.140. The standard InChI is InChI=1S/C10H10FNO2/c1-2-14-10(13)9(11)7-8-5-3-4-6-12-8/h3-7H,2H2,1H3/b9-7+.